The van der Waals surface area contributed by atoms with Gasteiger partial charge in [0, 0.05) is 24.0 Å². The Hall–Kier alpha value is -2.21. The lowest BCUT2D eigenvalue weighted by atomic mass is 9.97. The van der Waals surface area contributed by atoms with Crippen molar-refractivity contribution < 1.29 is 4.79 Å². The standard InChI is InChI=1S/C25H26ClN3OS/c26-21-6-7-23-22(16-21)27-25(31-23)20-8-12-28(13-9-20)17-24(30)29-14-10-19(11-15-29)18-4-2-1-3-5-18/h1-7,10,16,20H,8-9,11-15,17H2. The van der Waals surface area contributed by atoms with Crippen molar-refractivity contribution in [2.24, 2.45) is 0 Å². The summed E-state index contributed by atoms with van der Waals surface area (Å²) in [4.78, 5) is 22.0. The van der Waals surface area contributed by atoms with Crippen LogP contribution in [0.15, 0.2) is 54.6 Å². The quantitative estimate of drug-likeness (QED) is 0.529. The van der Waals surface area contributed by atoms with E-state index in [1.54, 1.807) is 11.3 Å². The number of benzene rings is 2. The van der Waals surface area contributed by atoms with Crippen molar-refractivity contribution >= 4 is 44.6 Å². The van der Waals surface area contributed by atoms with E-state index in [2.05, 4.69) is 41.3 Å². The molecule has 5 rings (SSSR count). The van der Waals surface area contributed by atoms with Gasteiger partial charge in [-0.25, -0.2) is 4.98 Å². The van der Waals surface area contributed by atoms with Crippen LogP contribution in [0.2, 0.25) is 5.02 Å². The summed E-state index contributed by atoms with van der Waals surface area (Å²) >= 11 is 7.88. The molecule has 2 aliphatic heterocycles. The second kappa shape index (κ2) is 9.11. The largest absolute Gasteiger partial charge is 0.338 e. The van der Waals surface area contributed by atoms with Gasteiger partial charge in [-0.3, -0.25) is 9.69 Å². The Kier molecular flexibility index (Phi) is 6.08. The van der Waals surface area contributed by atoms with Crippen molar-refractivity contribution in [2.45, 2.75) is 25.2 Å². The van der Waals surface area contributed by atoms with E-state index in [0.29, 0.717) is 19.0 Å². The zero-order chi connectivity index (χ0) is 21.2. The maximum absolute atomic E-state index is 12.8. The lowest BCUT2D eigenvalue weighted by Gasteiger charge is -2.33. The van der Waals surface area contributed by atoms with E-state index in [1.807, 2.05) is 23.1 Å². The summed E-state index contributed by atoms with van der Waals surface area (Å²) in [6, 6.07) is 16.4. The molecule has 1 fully saturated rings. The molecule has 0 bridgehead atoms. The normalized spacial score (nSPS) is 18.4. The molecule has 4 nitrogen and oxygen atoms in total. The molecular formula is C25H26ClN3OS. The van der Waals surface area contributed by atoms with Crippen LogP contribution in [-0.2, 0) is 4.79 Å². The van der Waals surface area contributed by atoms with E-state index >= 15 is 0 Å². The molecule has 0 N–H and O–H groups in total. The Labute approximate surface area is 192 Å². The van der Waals surface area contributed by atoms with Crippen LogP contribution in [0.4, 0.5) is 0 Å². The van der Waals surface area contributed by atoms with Crippen LogP contribution in [0, 0.1) is 0 Å². The SMILES string of the molecule is O=C(CN1CCC(c2nc3cc(Cl)ccc3s2)CC1)N1CC=C(c2ccccc2)CC1. The number of carbonyl (C=O) groups excluding carboxylic acids is 1. The summed E-state index contributed by atoms with van der Waals surface area (Å²) in [6.45, 7) is 3.95. The van der Waals surface area contributed by atoms with E-state index in [0.717, 1.165) is 49.4 Å². The first kappa shape index (κ1) is 20.7. The number of amides is 1. The van der Waals surface area contributed by atoms with E-state index < -0.39 is 0 Å². The molecule has 0 radical (unpaired) electrons. The Morgan fingerprint density at radius 3 is 2.65 bits per heavy atom. The highest BCUT2D eigenvalue weighted by molar-refractivity contribution is 7.18. The van der Waals surface area contributed by atoms with Crippen molar-refractivity contribution in [3.8, 4) is 0 Å². The predicted octanol–water partition coefficient (Wildman–Crippen LogP) is 5.45. The number of aromatic nitrogens is 1. The van der Waals surface area contributed by atoms with Crippen molar-refractivity contribution in [1.82, 2.24) is 14.8 Å². The predicted molar refractivity (Wildman–Crippen MR) is 129 cm³/mol. The van der Waals surface area contributed by atoms with Crippen LogP contribution in [0.25, 0.3) is 15.8 Å². The average Bonchev–Trinajstić information content (AvgIpc) is 3.23. The second-order valence-corrected chi connectivity index (χ2v) is 9.90. The molecule has 31 heavy (non-hydrogen) atoms. The number of piperidine rings is 1. The molecule has 3 heterocycles. The van der Waals surface area contributed by atoms with Gasteiger partial charge < -0.3 is 4.90 Å². The van der Waals surface area contributed by atoms with Gasteiger partial charge >= 0.3 is 0 Å². The molecule has 0 unspecified atom stereocenters. The summed E-state index contributed by atoms with van der Waals surface area (Å²) in [5, 5.41) is 1.94. The summed E-state index contributed by atoms with van der Waals surface area (Å²) in [7, 11) is 0. The van der Waals surface area contributed by atoms with Gasteiger partial charge in [0.1, 0.15) is 0 Å². The summed E-state index contributed by atoms with van der Waals surface area (Å²) in [5.41, 5.74) is 3.62. The lowest BCUT2D eigenvalue weighted by molar-refractivity contribution is -0.132. The minimum atomic E-state index is 0.247. The Morgan fingerprint density at radius 2 is 1.90 bits per heavy atom. The first-order valence-corrected chi connectivity index (χ1v) is 12.2. The van der Waals surface area contributed by atoms with Gasteiger partial charge in [0.05, 0.1) is 21.8 Å². The molecule has 0 saturated carbocycles. The van der Waals surface area contributed by atoms with Crippen molar-refractivity contribution in [1.29, 1.82) is 0 Å². The van der Waals surface area contributed by atoms with Gasteiger partial charge in [0.15, 0.2) is 0 Å². The fraction of sp³-hybridized carbons (Fsp3) is 0.360. The van der Waals surface area contributed by atoms with Crippen LogP contribution in [-0.4, -0.2) is 53.4 Å². The van der Waals surface area contributed by atoms with E-state index in [-0.39, 0.29) is 5.91 Å². The molecule has 3 aromatic rings. The Morgan fingerprint density at radius 1 is 1.10 bits per heavy atom. The van der Waals surface area contributed by atoms with Crippen LogP contribution < -0.4 is 0 Å². The molecule has 0 aliphatic carbocycles. The molecule has 0 spiro atoms. The van der Waals surface area contributed by atoms with Crippen LogP contribution in [0.3, 0.4) is 0 Å². The fourth-order valence-electron chi connectivity index (χ4n) is 4.53. The highest BCUT2D eigenvalue weighted by Gasteiger charge is 2.26. The molecule has 0 atom stereocenters. The van der Waals surface area contributed by atoms with E-state index in [9.17, 15) is 4.79 Å². The third-order valence-electron chi connectivity index (χ3n) is 6.37. The molecule has 1 saturated heterocycles. The summed E-state index contributed by atoms with van der Waals surface area (Å²) < 4.78 is 1.20. The Bertz CT molecular complexity index is 1100. The van der Waals surface area contributed by atoms with Crippen LogP contribution in [0.5, 0.6) is 0 Å². The minimum Gasteiger partial charge on any atom is -0.338 e. The second-order valence-electron chi connectivity index (χ2n) is 8.40. The molecule has 1 aromatic heterocycles. The number of thiazole rings is 1. The third kappa shape index (κ3) is 4.69. The number of hydrogen-bond donors (Lipinski definition) is 0. The first-order chi connectivity index (χ1) is 15.2. The molecule has 6 heteroatoms. The van der Waals surface area contributed by atoms with E-state index in [4.69, 9.17) is 16.6 Å². The number of fused-ring (bicyclic) bond motifs is 1. The number of likely N-dealkylation sites (tertiary alicyclic amines) is 1. The van der Waals surface area contributed by atoms with E-state index in [1.165, 1.54) is 20.8 Å². The van der Waals surface area contributed by atoms with Crippen molar-refractivity contribution in [3.05, 3.63) is 70.2 Å². The topological polar surface area (TPSA) is 36.4 Å². The third-order valence-corrected chi connectivity index (χ3v) is 7.80. The van der Waals surface area contributed by atoms with Crippen molar-refractivity contribution in [3.63, 3.8) is 0 Å². The zero-order valence-corrected chi connectivity index (χ0v) is 19.0. The smallest absolute Gasteiger partial charge is 0.237 e. The molecule has 160 valence electrons. The van der Waals surface area contributed by atoms with Gasteiger partial charge in [-0.2, -0.15) is 0 Å². The first-order valence-electron chi connectivity index (χ1n) is 11.0. The number of rotatable bonds is 4. The maximum Gasteiger partial charge on any atom is 0.237 e. The number of hydrogen-bond acceptors (Lipinski definition) is 4. The van der Waals surface area contributed by atoms with Crippen LogP contribution >= 0.6 is 22.9 Å². The highest BCUT2D eigenvalue weighted by atomic mass is 35.5. The fourth-order valence-corrected chi connectivity index (χ4v) is 5.82. The van der Waals surface area contributed by atoms with Crippen molar-refractivity contribution in [2.75, 3.05) is 32.7 Å². The summed E-state index contributed by atoms with van der Waals surface area (Å²) in [6.07, 6.45) is 5.25. The lowest BCUT2D eigenvalue weighted by Crippen LogP contribution is -2.44. The molecule has 2 aliphatic rings. The number of carbonyl (C=O) groups is 1. The maximum atomic E-state index is 12.8. The van der Waals surface area contributed by atoms with Gasteiger partial charge in [0.2, 0.25) is 5.91 Å². The monoisotopic (exact) mass is 451 g/mol. The summed E-state index contributed by atoms with van der Waals surface area (Å²) in [5.74, 6) is 0.727. The number of halogens is 1. The van der Waals surface area contributed by atoms with Gasteiger partial charge in [-0.1, -0.05) is 48.0 Å². The minimum absolute atomic E-state index is 0.247. The molecular weight excluding hydrogens is 426 g/mol. The van der Waals surface area contributed by atoms with Gasteiger partial charge in [0.25, 0.3) is 0 Å². The average molecular weight is 452 g/mol. The Balaban J connectivity index is 1.14. The highest BCUT2D eigenvalue weighted by Crippen LogP contribution is 2.34. The van der Waals surface area contributed by atoms with Gasteiger partial charge in [-0.05, 0) is 61.7 Å². The number of nitrogens with zero attached hydrogens (tertiary/aromatic N) is 3. The van der Waals surface area contributed by atoms with Crippen LogP contribution in [0.1, 0.15) is 35.8 Å². The molecule has 2 aromatic carbocycles. The van der Waals surface area contributed by atoms with Gasteiger partial charge in [-0.15, -0.1) is 11.3 Å². The zero-order valence-electron chi connectivity index (χ0n) is 17.5. The molecule has 1 amide bonds.